The predicted octanol–water partition coefficient (Wildman–Crippen LogP) is 3.68. The number of aromatic carboxylic acids is 1. The van der Waals surface area contributed by atoms with Crippen molar-refractivity contribution in [1.82, 2.24) is 5.32 Å². The van der Waals surface area contributed by atoms with Gasteiger partial charge in [0.05, 0.1) is 5.56 Å². The summed E-state index contributed by atoms with van der Waals surface area (Å²) in [6, 6.07) is 6.91. The summed E-state index contributed by atoms with van der Waals surface area (Å²) in [5.74, 6) is 0.899. The standard InChI is InChI=1S/C15H21NO2S/c1-4-11(2)9-19-10-14(16-3)12-5-7-13(8-6-12)15(17)18/h5-8,10-11,16H,4,9H2,1-3H3,(H,17,18)/b14-10-. The summed E-state index contributed by atoms with van der Waals surface area (Å²) in [5.41, 5.74) is 2.33. The molecule has 4 heteroatoms. The molecule has 0 aliphatic heterocycles. The molecule has 0 aliphatic rings. The summed E-state index contributed by atoms with van der Waals surface area (Å²) in [6.45, 7) is 4.43. The van der Waals surface area contributed by atoms with Crippen LogP contribution in [0.25, 0.3) is 5.70 Å². The van der Waals surface area contributed by atoms with Crippen LogP contribution in [0, 0.1) is 5.92 Å². The Kier molecular flexibility index (Phi) is 6.50. The van der Waals surface area contributed by atoms with Crippen molar-refractivity contribution < 1.29 is 9.90 Å². The quantitative estimate of drug-likeness (QED) is 0.799. The van der Waals surface area contributed by atoms with Gasteiger partial charge in [-0.1, -0.05) is 32.4 Å². The maximum Gasteiger partial charge on any atom is 0.335 e. The maximum absolute atomic E-state index is 10.8. The van der Waals surface area contributed by atoms with Gasteiger partial charge in [0.15, 0.2) is 0 Å². The number of thioether (sulfide) groups is 1. The van der Waals surface area contributed by atoms with Gasteiger partial charge >= 0.3 is 5.97 Å². The Balaban J connectivity index is 2.73. The van der Waals surface area contributed by atoms with Crippen LogP contribution in [0.15, 0.2) is 29.7 Å². The Morgan fingerprint density at radius 2 is 1.95 bits per heavy atom. The van der Waals surface area contributed by atoms with Crippen molar-refractivity contribution in [3.8, 4) is 0 Å². The van der Waals surface area contributed by atoms with Gasteiger partial charge in [-0.15, -0.1) is 11.8 Å². The molecule has 0 bridgehead atoms. The van der Waals surface area contributed by atoms with Gasteiger partial charge in [-0.3, -0.25) is 0 Å². The Hall–Kier alpha value is -1.42. The molecule has 0 radical (unpaired) electrons. The van der Waals surface area contributed by atoms with Crippen LogP contribution >= 0.6 is 11.8 Å². The van der Waals surface area contributed by atoms with Crippen LogP contribution in [-0.4, -0.2) is 23.9 Å². The van der Waals surface area contributed by atoms with E-state index in [2.05, 4.69) is 24.6 Å². The number of carbonyl (C=O) groups is 1. The molecule has 19 heavy (non-hydrogen) atoms. The molecule has 1 aromatic rings. The zero-order chi connectivity index (χ0) is 14.3. The maximum atomic E-state index is 10.8. The molecule has 1 unspecified atom stereocenters. The molecule has 0 aliphatic carbocycles. The Labute approximate surface area is 119 Å². The van der Waals surface area contributed by atoms with E-state index in [0.717, 1.165) is 17.0 Å². The molecule has 1 atom stereocenters. The van der Waals surface area contributed by atoms with Crippen molar-refractivity contribution in [2.75, 3.05) is 12.8 Å². The molecule has 3 nitrogen and oxygen atoms in total. The fraction of sp³-hybridized carbons (Fsp3) is 0.400. The van der Waals surface area contributed by atoms with E-state index < -0.39 is 5.97 Å². The lowest BCUT2D eigenvalue weighted by atomic mass is 10.1. The number of hydrogen-bond acceptors (Lipinski definition) is 3. The molecule has 0 amide bonds. The van der Waals surface area contributed by atoms with Crippen LogP contribution in [0.1, 0.15) is 36.2 Å². The summed E-state index contributed by atoms with van der Waals surface area (Å²) in [5, 5.41) is 14.1. The first-order valence-electron chi connectivity index (χ1n) is 6.41. The van der Waals surface area contributed by atoms with Crippen molar-refractivity contribution in [1.29, 1.82) is 0 Å². The molecule has 0 fully saturated rings. The number of rotatable bonds is 7. The third-order valence-electron chi connectivity index (χ3n) is 2.99. The minimum atomic E-state index is -0.896. The van der Waals surface area contributed by atoms with Crippen molar-refractivity contribution in [3.63, 3.8) is 0 Å². The van der Waals surface area contributed by atoms with Gasteiger partial charge in [0.1, 0.15) is 0 Å². The molecular weight excluding hydrogens is 258 g/mol. The lowest BCUT2D eigenvalue weighted by Crippen LogP contribution is -2.05. The second-order valence-corrected chi connectivity index (χ2v) is 5.41. The van der Waals surface area contributed by atoms with Gasteiger partial charge in [-0.05, 0) is 29.0 Å². The Morgan fingerprint density at radius 1 is 1.37 bits per heavy atom. The van der Waals surface area contributed by atoms with E-state index in [0.29, 0.717) is 11.5 Å². The van der Waals surface area contributed by atoms with E-state index in [1.165, 1.54) is 6.42 Å². The van der Waals surface area contributed by atoms with E-state index in [9.17, 15) is 4.79 Å². The lowest BCUT2D eigenvalue weighted by molar-refractivity contribution is 0.0697. The van der Waals surface area contributed by atoms with E-state index >= 15 is 0 Å². The highest BCUT2D eigenvalue weighted by atomic mass is 32.2. The van der Waals surface area contributed by atoms with Crippen molar-refractivity contribution in [2.45, 2.75) is 20.3 Å². The SMILES string of the molecule is CCC(C)CS/C=C(\NC)c1ccc(C(=O)O)cc1. The molecule has 0 spiro atoms. The number of hydrogen-bond donors (Lipinski definition) is 2. The zero-order valence-corrected chi connectivity index (χ0v) is 12.5. The van der Waals surface area contributed by atoms with Gasteiger partial charge in [0.2, 0.25) is 0 Å². The van der Waals surface area contributed by atoms with Crippen molar-refractivity contribution in [3.05, 3.63) is 40.8 Å². The molecule has 1 rings (SSSR count). The predicted molar refractivity (Wildman–Crippen MR) is 82.4 cm³/mol. The summed E-state index contributed by atoms with van der Waals surface area (Å²) in [4.78, 5) is 10.8. The molecular formula is C15H21NO2S. The molecule has 104 valence electrons. The summed E-state index contributed by atoms with van der Waals surface area (Å²) in [7, 11) is 1.88. The second-order valence-electron chi connectivity index (χ2n) is 4.51. The van der Waals surface area contributed by atoms with Gasteiger partial charge in [0, 0.05) is 18.5 Å². The van der Waals surface area contributed by atoms with Gasteiger partial charge in [0.25, 0.3) is 0 Å². The fourth-order valence-corrected chi connectivity index (χ4v) is 2.56. The van der Waals surface area contributed by atoms with Crippen LogP contribution in [0.3, 0.4) is 0 Å². The van der Waals surface area contributed by atoms with Crippen molar-refractivity contribution >= 4 is 23.4 Å². The number of benzene rings is 1. The Bertz CT molecular complexity index is 440. The van der Waals surface area contributed by atoms with Crippen LogP contribution in [0.4, 0.5) is 0 Å². The van der Waals surface area contributed by atoms with Gasteiger partial charge in [-0.2, -0.15) is 0 Å². The largest absolute Gasteiger partial charge is 0.478 e. The van der Waals surface area contributed by atoms with Crippen LogP contribution in [0.2, 0.25) is 0 Å². The van der Waals surface area contributed by atoms with E-state index in [1.54, 1.807) is 23.9 Å². The molecule has 1 aromatic carbocycles. The average Bonchev–Trinajstić information content (AvgIpc) is 2.43. The molecule has 0 heterocycles. The van der Waals surface area contributed by atoms with E-state index in [1.807, 2.05) is 19.2 Å². The minimum absolute atomic E-state index is 0.312. The highest BCUT2D eigenvalue weighted by Gasteiger charge is 2.04. The number of nitrogens with one attached hydrogen (secondary N) is 1. The zero-order valence-electron chi connectivity index (χ0n) is 11.6. The first kappa shape index (κ1) is 15.6. The number of carboxylic acid groups (broad SMARTS) is 1. The highest BCUT2D eigenvalue weighted by Crippen LogP contribution is 2.19. The van der Waals surface area contributed by atoms with Gasteiger partial charge in [-0.25, -0.2) is 4.79 Å². The number of carboxylic acids is 1. The van der Waals surface area contributed by atoms with Gasteiger partial charge < -0.3 is 10.4 Å². The second kappa shape index (κ2) is 7.89. The Morgan fingerprint density at radius 3 is 2.42 bits per heavy atom. The topological polar surface area (TPSA) is 49.3 Å². The molecule has 0 saturated carbocycles. The third-order valence-corrected chi connectivity index (χ3v) is 4.15. The summed E-state index contributed by atoms with van der Waals surface area (Å²) < 4.78 is 0. The average molecular weight is 279 g/mol. The lowest BCUT2D eigenvalue weighted by Gasteiger charge is -2.09. The third kappa shape index (κ3) is 4.99. The highest BCUT2D eigenvalue weighted by molar-refractivity contribution is 8.02. The molecule has 0 aromatic heterocycles. The first-order valence-corrected chi connectivity index (χ1v) is 7.46. The van der Waals surface area contributed by atoms with Crippen LogP contribution in [-0.2, 0) is 0 Å². The first-order chi connectivity index (χ1) is 9.08. The monoisotopic (exact) mass is 279 g/mol. The van der Waals surface area contributed by atoms with Crippen molar-refractivity contribution in [2.24, 2.45) is 5.92 Å². The summed E-state index contributed by atoms with van der Waals surface area (Å²) >= 11 is 1.78. The van der Waals surface area contributed by atoms with E-state index in [-0.39, 0.29) is 0 Å². The van der Waals surface area contributed by atoms with E-state index in [4.69, 9.17) is 5.11 Å². The fourth-order valence-electron chi connectivity index (χ4n) is 1.48. The van der Waals surface area contributed by atoms with Crippen LogP contribution < -0.4 is 5.32 Å². The normalized spacial score (nSPS) is 13.1. The smallest absolute Gasteiger partial charge is 0.335 e. The summed E-state index contributed by atoms with van der Waals surface area (Å²) in [6.07, 6.45) is 1.18. The molecule has 0 saturated heterocycles. The van der Waals surface area contributed by atoms with Crippen LogP contribution in [0.5, 0.6) is 0 Å². The molecule has 2 N–H and O–H groups in total. The minimum Gasteiger partial charge on any atom is -0.478 e.